The Morgan fingerprint density at radius 2 is 1.10 bits per heavy atom. The van der Waals surface area contributed by atoms with Crippen LogP contribution in [0.4, 0.5) is 13.2 Å². The molecule has 2 atom stereocenters. The van der Waals surface area contributed by atoms with Gasteiger partial charge in [-0.15, -0.1) is 0 Å². The van der Waals surface area contributed by atoms with Gasteiger partial charge < -0.3 is 20.8 Å². The molecule has 5 rings (SSSR count). The van der Waals surface area contributed by atoms with Crippen molar-refractivity contribution in [3.05, 3.63) is 107 Å². The third-order valence-electron chi connectivity index (χ3n) is 8.07. The average molecular weight is 561 g/mol. The van der Waals surface area contributed by atoms with Crippen molar-refractivity contribution < 1.29 is 23.4 Å². The van der Waals surface area contributed by atoms with Crippen molar-refractivity contribution in [3.8, 4) is 33.8 Å². The molecule has 7 heteroatoms. The molecule has 4 aromatic carbocycles. The first-order valence-corrected chi connectivity index (χ1v) is 14.0. The first kappa shape index (κ1) is 28.7. The van der Waals surface area contributed by atoms with Crippen LogP contribution < -0.4 is 10.6 Å². The number of phenols is 2. The highest BCUT2D eigenvalue weighted by Crippen LogP contribution is 2.41. The fourth-order valence-electron chi connectivity index (χ4n) is 5.84. The van der Waals surface area contributed by atoms with Gasteiger partial charge in [-0.2, -0.15) is 13.2 Å². The minimum absolute atomic E-state index is 0.0377. The molecule has 0 amide bonds. The van der Waals surface area contributed by atoms with Crippen LogP contribution in [-0.2, 0) is 19.3 Å². The summed E-state index contributed by atoms with van der Waals surface area (Å²) < 4.78 is 40.9. The van der Waals surface area contributed by atoms with E-state index in [1.165, 1.54) is 18.2 Å². The van der Waals surface area contributed by atoms with Crippen molar-refractivity contribution in [2.45, 2.75) is 64.0 Å². The topological polar surface area (TPSA) is 64.5 Å². The molecule has 1 aliphatic rings. The van der Waals surface area contributed by atoms with E-state index in [0.717, 1.165) is 54.0 Å². The highest BCUT2D eigenvalue weighted by atomic mass is 19.4. The van der Waals surface area contributed by atoms with Crippen LogP contribution >= 0.6 is 0 Å². The highest BCUT2D eigenvalue weighted by Gasteiger charge is 2.34. The number of hydrogen-bond acceptors (Lipinski definition) is 4. The molecule has 0 bridgehead atoms. The molecule has 214 valence electrons. The number of aryl methyl sites for hydroxylation is 1. The lowest BCUT2D eigenvalue weighted by atomic mass is 9.89. The zero-order chi connectivity index (χ0) is 29.0. The summed E-state index contributed by atoms with van der Waals surface area (Å²) in [5.74, 6) is 0.130. The van der Waals surface area contributed by atoms with Gasteiger partial charge in [-0.05, 0) is 42.5 Å². The Labute approximate surface area is 238 Å². The second-order valence-corrected chi connectivity index (χ2v) is 10.7. The molecule has 0 aromatic heterocycles. The number of rotatable bonds is 8. The van der Waals surface area contributed by atoms with Gasteiger partial charge in [0.1, 0.15) is 11.5 Å². The van der Waals surface area contributed by atoms with E-state index in [4.69, 9.17) is 0 Å². The molecule has 4 nitrogen and oxygen atoms in total. The molecule has 4 N–H and O–H groups in total. The first-order valence-electron chi connectivity index (χ1n) is 14.0. The van der Waals surface area contributed by atoms with Crippen molar-refractivity contribution in [3.63, 3.8) is 0 Å². The Balaban J connectivity index is 1.29. The largest absolute Gasteiger partial charge is 0.507 e. The van der Waals surface area contributed by atoms with Gasteiger partial charge in [0.2, 0.25) is 0 Å². The lowest BCUT2D eigenvalue weighted by molar-refractivity contribution is -0.137. The zero-order valence-corrected chi connectivity index (χ0v) is 23.0. The van der Waals surface area contributed by atoms with Crippen molar-refractivity contribution in [1.29, 1.82) is 0 Å². The lowest BCUT2D eigenvalue weighted by Crippen LogP contribution is -2.49. The molecule has 0 spiro atoms. The van der Waals surface area contributed by atoms with Crippen molar-refractivity contribution in [2.24, 2.45) is 0 Å². The summed E-state index contributed by atoms with van der Waals surface area (Å²) in [4.78, 5) is 0. The van der Waals surface area contributed by atoms with Crippen LogP contribution in [0.1, 0.15) is 47.9 Å². The number of aromatic hydroxyl groups is 2. The van der Waals surface area contributed by atoms with Gasteiger partial charge in [-0.1, -0.05) is 91.7 Å². The highest BCUT2D eigenvalue weighted by molar-refractivity contribution is 5.75. The number of nitrogens with one attached hydrogen (secondary N) is 2. The van der Waals surface area contributed by atoms with E-state index >= 15 is 0 Å². The van der Waals surface area contributed by atoms with Crippen LogP contribution in [0.5, 0.6) is 11.5 Å². The van der Waals surface area contributed by atoms with Crippen LogP contribution in [0.2, 0.25) is 0 Å². The summed E-state index contributed by atoms with van der Waals surface area (Å²) in [5, 5.41) is 29.2. The van der Waals surface area contributed by atoms with Crippen LogP contribution in [0.3, 0.4) is 0 Å². The van der Waals surface area contributed by atoms with E-state index in [2.05, 4.69) is 10.6 Å². The van der Waals surface area contributed by atoms with Gasteiger partial charge in [-0.3, -0.25) is 0 Å². The van der Waals surface area contributed by atoms with Gasteiger partial charge in [0.05, 0.1) is 5.56 Å². The summed E-state index contributed by atoms with van der Waals surface area (Å²) >= 11 is 0. The second kappa shape index (κ2) is 12.4. The minimum Gasteiger partial charge on any atom is -0.507 e. The smallest absolute Gasteiger partial charge is 0.417 e. The minimum atomic E-state index is -4.52. The normalized spacial score (nSPS) is 17.5. The molecule has 1 unspecified atom stereocenters. The Morgan fingerprint density at radius 3 is 1.63 bits per heavy atom. The van der Waals surface area contributed by atoms with Gasteiger partial charge in [0.25, 0.3) is 0 Å². The quantitative estimate of drug-likeness (QED) is 0.177. The van der Waals surface area contributed by atoms with Gasteiger partial charge in [-0.25, -0.2) is 0 Å². The van der Waals surface area contributed by atoms with Crippen LogP contribution in [0, 0.1) is 6.92 Å². The maximum Gasteiger partial charge on any atom is 0.417 e. The van der Waals surface area contributed by atoms with Crippen molar-refractivity contribution in [1.82, 2.24) is 10.6 Å². The summed E-state index contributed by atoms with van der Waals surface area (Å²) in [5.41, 5.74) is 3.64. The Bertz CT molecular complexity index is 1500. The lowest BCUT2D eigenvalue weighted by Gasteiger charge is -2.33. The summed E-state index contributed by atoms with van der Waals surface area (Å²) in [6.07, 6.45) is -0.480. The van der Waals surface area contributed by atoms with Gasteiger partial charge >= 0.3 is 6.18 Å². The Kier molecular flexibility index (Phi) is 8.66. The maximum atomic E-state index is 13.6. The van der Waals surface area contributed by atoms with Crippen molar-refractivity contribution in [2.75, 3.05) is 0 Å². The van der Waals surface area contributed by atoms with E-state index in [0.29, 0.717) is 18.7 Å². The van der Waals surface area contributed by atoms with Crippen molar-refractivity contribution >= 4 is 0 Å². The summed E-state index contributed by atoms with van der Waals surface area (Å²) in [6, 6.07) is 24.3. The fourth-order valence-corrected chi connectivity index (χ4v) is 5.84. The van der Waals surface area contributed by atoms with Crippen LogP contribution in [-0.4, -0.2) is 22.3 Å². The summed E-state index contributed by atoms with van der Waals surface area (Å²) in [7, 11) is 0. The molecule has 0 heterocycles. The number of benzene rings is 4. The second-order valence-electron chi connectivity index (χ2n) is 10.7. The molecule has 0 aliphatic heterocycles. The van der Waals surface area contributed by atoms with Crippen LogP contribution in [0.25, 0.3) is 22.3 Å². The standard InChI is InChI=1S/C34H35F3N2O2/c1-22-10-2-3-13-25(22)27-15-8-11-23(32(27)40)20-38-30-18-6-7-19-31(30)39-21-24-12-9-16-28(33(24)41)26-14-4-5-17-29(26)34(35,36)37/h2-5,8-17,30-31,38-41H,6-7,18-21H2,1H3/t30-,31?/m1/s1. The van der Waals surface area contributed by atoms with Gasteiger partial charge in [0, 0.05) is 47.4 Å². The van der Waals surface area contributed by atoms with E-state index in [1.807, 2.05) is 49.4 Å². The maximum absolute atomic E-state index is 13.6. The van der Waals surface area contributed by atoms with Crippen LogP contribution in [0.15, 0.2) is 84.9 Å². The molecular weight excluding hydrogens is 525 g/mol. The molecule has 0 radical (unpaired) electrons. The molecule has 1 fully saturated rings. The first-order chi connectivity index (χ1) is 19.7. The van der Waals surface area contributed by atoms with E-state index in [9.17, 15) is 23.4 Å². The third-order valence-corrected chi connectivity index (χ3v) is 8.07. The van der Waals surface area contributed by atoms with E-state index in [-0.39, 0.29) is 34.7 Å². The Morgan fingerprint density at radius 1 is 0.634 bits per heavy atom. The molecule has 1 aliphatic carbocycles. The molecular formula is C34H35F3N2O2. The fraction of sp³-hybridized carbons (Fsp3) is 0.294. The molecule has 1 saturated carbocycles. The number of alkyl halides is 3. The number of halogens is 3. The number of para-hydroxylation sites is 2. The Hall–Kier alpha value is -3.81. The SMILES string of the molecule is Cc1ccccc1-c1cccc(CN[C@@H]2CCCCC2NCc2cccc(-c3ccccc3C(F)(F)F)c2O)c1O. The predicted octanol–water partition coefficient (Wildman–Crippen LogP) is 7.95. The molecule has 0 saturated heterocycles. The van der Waals surface area contributed by atoms with Gasteiger partial charge in [0.15, 0.2) is 0 Å². The molecule has 41 heavy (non-hydrogen) atoms. The van der Waals surface area contributed by atoms with E-state index in [1.54, 1.807) is 18.2 Å². The number of phenolic OH excluding ortho intramolecular Hbond substituents is 2. The average Bonchev–Trinajstić information content (AvgIpc) is 2.97. The number of hydrogen-bond donors (Lipinski definition) is 4. The zero-order valence-electron chi connectivity index (χ0n) is 23.0. The molecule has 4 aromatic rings. The summed E-state index contributed by atoms with van der Waals surface area (Å²) in [6.45, 7) is 2.86. The monoisotopic (exact) mass is 560 g/mol. The van der Waals surface area contributed by atoms with E-state index < -0.39 is 11.7 Å². The predicted molar refractivity (Wildman–Crippen MR) is 157 cm³/mol. The third kappa shape index (κ3) is 6.42.